The van der Waals surface area contributed by atoms with Gasteiger partial charge in [-0.3, -0.25) is 0 Å². The van der Waals surface area contributed by atoms with E-state index in [9.17, 15) is 8.78 Å². The second-order valence-electron chi connectivity index (χ2n) is 4.37. The van der Waals surface area contributed by atoms with Gasteiger partial charge in [0.25, 0.3) is 0 Å². The highest BCUT2D eigenvalue weighted by Crippen LogP contribution is 2.27. The Balaban J connectivity index is 2.30. The van der Waals surface area contributed by atoms with Gasteiger partial charge in [0, 0.05) is 5.92 Å². The van der Waals surface area contributed by atoms with Crippen molar-refractivity contribution in [3.63, 3.8) is 0 Å². The highest BCUT2D eigenvalue weighted by Gasteiger charge is 2.17. The molecule has 0 aromatic heterocycles. The first-order chi connectivity index (χ1) is 9.13. The quantitative estimate of drug-likeness (QED) is 0.904. The van der Waals surface area contributed by atoms with E-state index in [0.717, 1.165) is 0 Å². The predicted octanol–water partition coefficient (Wildman–Crippen LogP) is 3.90. The molecule has 100 valence electrons. The highest BCUT2D eigenvalue weighted by molar-refractivity contribution is 6.31. The minimum absolute atomic E-state index is 0.0808. The lowest BCUT2D eigenvalue weighted by Crippen LogP contribution is -2.16. The minimum Gasteiger partial charge on any atom is -0.330 e. The van der Waals surface area contributed by atoms with E-state index in [1.165, 1.54) is 12.1 Å². The molecule has 0 saturated heterocycles. The van der Waals surface area contributed by atoms with E-state index < -0.39 is 5.82 Å². The Labute approximate surface area is 116 Å². The van der Waals surface area contributed by atoms with Crippen LogP contribution in [0.3, 0.4) is 0 Å². The first kappa shape index (κ1) is 14.0. The molecule has 1 nitrogen and oxygen atoms in total. The Bertz CT molecular complexity index is 572. The molecule has 0 spiro atoms. The summed E-state index contributed by atoms with van der Waals surface area (Å²) in [7, 11) is 0. The van der Waals surface area contributed by atoms with Gasteiger partial charge >= 0.3 is 0 Å². The van der Waals surface area contributed by atoms with E-state index in [1.807, 2.05) is 0 Å². The summed E-state index contributed by atoms with van der Waals surface area (Å²) in [6.45, 7) is 0.272. The second-order valence-corrected chi connectivity index (χ2v) is 4.75. The summed E-state index contributed by atoms with van der Waals surface area (Å²) in [5.41, 5.74) is 6.88. The van der Waals surface area contributed by atoms with Crippen LogP contribution in [0, 0.1) is 11.6 Å². The van der Waals surface area contributed by atoms with E-state index in [2.05, 4.69) is 0 Å². The molecule has 0 aliphatic heterocycles. The molecule has 1 unspecified atom stereocenters. The van der Waals surface area contributed by atoms with E-state index in [1.54, 1.807) is 30.3 Å². The minimum atomic E-state index is -0.469. The smallest absolute Gasteiger partial charge is 0.142 e. The Morgan fingerprint density at radius 1 is 1.00 bits per heavy atom. The zero-order chi connectivity index (χ0) is 13.8. The van der Waals surface area contributed by atoms with Crippen molar-refractivity contribution in [3.8, 4) is 0 Å². The van der Waals surface area contributed by atoms with Crippen LogP contribution in [0.4, 0.5) is 8.78 Å². The fourth-order valence-electron chi connectivity index (χ4n) is 2.10. The van der Waals surface area contributed by atoms with Crippen molar-refractivity contribution in [3.05, 3.63) is 70.2 Å². The van der Waals surface area contributed by atoms with Crippen LogP contribution in [0.25, 0.3) is 0 Å². The molecule has 0 saturated carbocycles. The molecule has 0 radical (unpaired) electrons. The Hall–Kier alpha value is -1.45. The van der Waals surface area contributed by atoms with Crippen LogP contribution < -0.4 is 5.73 Å². The van der Waals surface area contributed by atoms with Crippen molar-refractivity contribution in [1.82, 2.24) is 0 Å². The van der Waals surface area contributed by atoms with Gasteiger partial charge in [-0.15, -0.1) is 0 Å². The molecule has 0 heterocycles. The molecule has 2 N–H and O–H groups in total. The summed E-state index contributed by atoms with van der Waals surface area (Å²) in [5.74, 6) is -0.991. The van der Waals surface area contributed by atoms with E-state index in [4.69, 9.17) is 17.3 Å². The summed E-state index contributed by atoms with van der Waals surface area (Å²) in [6.07, 6.45) is 0.411. The molecule has 0 amide bonds. The van der Waals surface area contributed by atoms with Gasteiger partial charge in [-0.25, -0.2) is 8.78 Å². The average molecular weight is 282 g/mol. The number of hydrogen-bond donors (Lipinski definition) is 1. The van der Waals surface area contributed by atoms with Crippen LogP contribution in [0.1, 0.15) is 17.0 Å². The average Bonchev–Trinajstić information content (AvgIpc) is 2.41. The SMILES string of the molecule is NCC(Cc1cccc(F)c1Cl)c1ccccc1F. The summed E-state index contributed by atoms with van der Waals surface area (Å²) in [6, 6.07) is 11.1. The maximum atomic E-state index is 13.7. The molecule has 0 bridgehead atoms. The molecular formula is C15H14ClF2N. The van der Waals surface area contributed by atoms with Crippen molar-refractivity contribution >= 4 is 11.6 Å². The third kappa shape index (κ3) is 3.11. The van der Waals surface area contributed by atoms with Crippen molar-refractivity contribution in [2.24, 2.45) is 5.73 Å². The fourth-order valence-corrected chi connectivity index (χ4v) is 2.30. The Morgan fingerprint density at radius 2 is 1.68 bits per heavy atom. The van der Waals surface area contributed by atoms with Gasteiger partial charge in [-0.2, -0.15) is 0 Å². The molecule has 1 atom stereocenters. The number of halogens is 3. The molecule has 0 fully saturated rings. The van der Waals surface area contributed by atoms with E-state index in [-0.39, 0.29) is 23.3 Å². The number of nitrogens with two attached hydrogens (primary N) is 1. The maximum Gasteiger partial charge on any atom is 0.142 e. The normalized spacial score (nSPS) is 12.4. The van der Waals surface area contributed by atoms with Gasteiger partial charge in [-0.1, -0.05) is 41.9 Å². The van der Waals surface area contributed by atoms with Gasteiger partial charge < -0.3 is 5.73 Å². The van der Waals surface area contributed by atoms with Crippen molar-refractivity contribution in [2.45, 2.75) is 12.3 Å². The third-order valence-electron chi connectivity index (χ3n) is 3.13. The number of benzene rings is 2. The lowest BCUT2D eigenvalue weighted by molar-refractivity contribution is 0.574. The summed E-state index contributed by atoms with van der Waals surface area (Å²) in [4.78, 5) is 0. The molecular weight excluding hydrogens is 268 g/mol. The maximum absolute atomic E-state index is 13.7. The molecule has 0 aliphatic rings. The molecule has 0 aliphatic carbocycles. The first-order valence-corrected chi connectivity index (χ1v) is 6.38. The highest BCUT2D eigenvalue weighted by atomic mass is 35.5. The molecule has 2 rings (SSSR count). The van der Waals surface area contributed by atoms with Gasteiger partial charge in [0.15, 0.2) is 0 Å². The molecule has 19 heavy (non-hydrogen) atoms. The van der Waals surface area contributed by atoms with Crippen LogP contribution in [0.15, 0.2) is 42.5 Å². The van der Waals surface area contributed by atoms with Gasteiger partial charge in [0.2, 0.25) is 0 Å². The predicted molar refractivity (Wildman–Crippen MR) is 73.3 cm³/mol. The van der Waals surface area contributed by atoms with Crippen LogP contribution in [0.2, 0.25) is 5.02 Å². The van der Waals surface area contributed by atoms with Crippen molar-refractivity contribution < 1.29 is 8.78 Å². The standard InChI is InChI=1S/C15H14ClF2N/c16-15-10(4-3-7-14(15)18)8-11(9-19)12-5-1-2-6-13(12)17/h1-7,11H,8-9,19H2. The van der Waals surface area contributed by atoms with Crippen LogP contribution in [-0.4, -0.2) is 6.54 Å². The van der Waals surface area contributed by atoms with Crippen molar-refractivity contribution in [1.29, 1.82) is 0 Å². The van der Waals surface area contributed by atoms with Gasteiger partial charge in [0.05, 0.1) is 5.02 Å². The van der Waals surface area contributed by atoms with Crippen LogP contribution >= 0.6 is 11.6 Å². The van der Waals surface area contributed by atoms with Crippen molar-refractivity contribution in [2.75, 3.05) is 6.54 Å². The number of rotatable bonds is 4. The van der Waals surface area contributed by atoms with Crippen LogP contribution in [0.5, 0.6) is 0 Å². The topological polar surface area (TPSA) is 26.0 Å². The van der Waals surface area contributed by atoms with Crippen LogP contribution in [-0.2, 0) is 6.42 Å². The zero-order valence-corrected chi connectivity index (χ0v) is 11.0. The Morgan fingerprint density at radius 3 is 2.37 bits per heavy atom. The first-order valence-electron chi connectivity index (χ1n) is 6.01. The second kappa shape index (κ2) is 6.13. The van der Waals surface area contributed by atoms with Gasteiger partial charge in [0.1, 0.15) is 11.6 Å². The largest absolute Gasteiger partial charge is 0.330 e. The zero-order valence-electron chi connectivity index (χ0n) is 10.2. The molecule has 2 aromatic rings. The van der Waals surface area contributed by atoms with E-state index >= 15 is 0 Å². The third-order valence-corrected chi connectivity index (χ3v) is 3.55. The lowest BCUT2D eigenvalue weighted by atomic mass is 9.91. The lowest BCUT2D eigenvalue weighted by Gasteiger charge is -2.17. The van der Waals surface area contributed by atoms with E-state index in [0.29, 0.717) is 17.5 Å². The summed E-state index contributed by atoms with van der Waals surface area (Å²) < 4.78 is 27.1. The molecule has 2 aromatic carbocycles. The summed E-state index contributed by atoms with van der Waals surface area (Å²) >= 11 is 5.91. The Kier molecular flexibility index (Phi) is 4.51. The fraction of sp³-hybridized carbons (Fsp3) is 0.200. The summed E-state index contributed by atoms with van der Waals surface area (Å²) in [5, 5.41) is 0.0808. The monoisotopic (exact) mass is 281 g/mol. The molecule has 4 heteroatoms. The van der Waals surface area contributed by atoms with Gasteiger partial charge in [-0.05, 0) is 36.2 Å². The number of hydrogen-bond acceptors (Lipinski definition) is 1.